The number of aromatic nitrogens is 1. The Balaban J connectivity index is 1.90. The average molecular weight is 294 g/mol. The molecule has 0 bridgehead atoms. The third kappa shape index (κ3) is 1.83. The van der Waals surface area contributed by atoms with Gasteiger partial charge in [-0.15, -0.1) is 0 Å². The zero-order chi connectivity index (χ0) is 15.2. The Morgan fingerprint density at radius 1 is 0.652 bits per heavy atom. The highest BCUT2D eigenvalue weighted by molar-refractivity contribution is 5.94. The van der Waals surface area contributed by atoms with Crippen molar-refractivity contribution in [3.8, 4) is 22.4 Å². The van der Waals surface area contributed by atoms with E-state index >= 15 is 0 Å². The molecule has 5 rings (SSSR count). The fourth-order valence-electron chi connectivity index (χ4n) is 3.69. The Labute approximate surface area is 135 Å². The molecule has 0 aliphatic carbocycles. The van der Waals surface area contributed by atoms with Gasteiger partial charge in [0.15, 0.2) is 6.54 Å². The summed E-state index contributed by atoms with van der Waals surface area (Å²) >= 11 is 0. The highest BCUT2D eigenvalue weighted by Crippen LogP contribution is 2.34. The maximum Gasteiger partial charge on any atom is 0.214 e. The van der Waals surface area contributed by atoms with Crippen LogP contribution in [0.25, 0.3) is 33.3 Å². The van der Waals surface area contributed by atoms with Crippen LogP contribution in [0.5, 0.6) is 0 Å². The second-order valence-corrected chi connectivity index (χ2v) is 6.07. The second kappa shape index (κ2) is 4.79. The van der Waals surface area contributed by atoms with Crippen LogP contribution in [0.3, 0.4) is 0 Å². The zero-order valence-electron chi connectivity index (χ0n) is 12.7. The van der Waals surface area contributed by atoms with Crippen LogP contribution in [-0.4, -0.2) is 0 Å². The highest BCUT2D eigenvalue weighted by Gasteiger charge is 2.29. The van der Waals surface area contributed by atoms with E-state index in [1.807, 2.05) is 0 Å². The van der Waals surface area contributed by atoms with E-state index in [9.17, 15) is 0 Å². The molecule has 0 saturated heterocycles. The van der Waals surface area contributed by atoms with Crippen LogP contribution in [0.15, 0.2) is 84.9 Å². The molecule has 1 aliphatic rings. The summed E-state index contributed by atoms with van der Waals surface area (Å²) in [5.74, 6) is 0. The second-order valence-electron chi connectivity index (χ2n) is 6.07. The third-order valence-electron chi connectivity index (χ3n) is 4.76. The molecule has 0 radical (unpaired) electrons. The molecule has 0 fully saturated rings. The number of benzene rings is 3. The number of pyridine rings is 1. The first-order valence-electron chi connectivity index (χ1n) is 8.01. The Morgan fingerprint density at radius 2 is 1.39 bits per heavy atom. The summed E-state index contributed by atoms with van der Waals surface area (Å²) in [5, 5.41) is 1.32. The van der Waals surface area contributed by atoms with Crippen LogP contribution >= 0.6 is 0 Å². The molecule has 1 heteroatoms. The fraction of sp³-hybridized carbons (Fsp3) is 0.0455. The van der Waals surface area contributed by atoms with Crippen LogP contribution in [-0.2, 0) is 6.54 Å². The molecule has 0 atom stereocenters. The van der Waals surface area contributed by atoms with Crippen molar-refractivity contribution in [1.29, 1.82) is 0 Å². The van der Waals surface area contributed by atoms with E-state index in [4.69, 9.17) is 0 Å². The zero-order valence-corrected chi connectivity index (χ0v) is 12.7. The monoisotopic (exact) mass is 294 g/mol. The molecule has 3 aromatic carbocycles. The van der Waals surface area contributed by atoms with Gasteiger partial charge < -0.3 is 0 Å². The summed E-state index contributed by atoms with van der Waals surface area (Å²) in [7, 11) is 0. The van der Waals surface area contributed by atoms with E-state index in [1.54, 1.807) is 0 Å². The molecule has 23 heavy (non-hydrogen) atoms. The first kappa shape index (κ1) is 12.6. The topological polar surface area (TPSA) is 3.88 Å². The lowest BCUT2D eigenvalue weighted by Gasteiger charge is -2.07. The minimum absolute atomic E-state index is 0.959. The summed E-state index contributed by atoms with van der Waals surface area (Å²) in [6.07, 6.45) is 0. The third-order valence-corrected chi connectivity index (χ3v) is 4.76. The lowest BCUT2D eigenvalue weighted by atomic mass is 9.98. The summed E-state index contributed by atoms with van der Waals surface area (Å²) in [5.41, 5.74) is 7.97. The minimum Gasteiger partial charge on any atom is -0.187 e. The van der Waals surface area contributed by atoms with E-state index in [2.05, 4.69) is 89.5 Å². The van der Waals surface area contributed by atoms with Crippen molar-refractivity contribution in [3.05, 3.63) is 90.5 Å². The summed E-state index contributed by atoms with van der Waals surface area (Å²) in [4.78, 5) is 0. The average Bonchev–Trinajstić information content (AvgIpc) is 3.01. The van der Waals surface area contributed by atoms with Crippen LogP contribution in [0.4, 0.5) is 0 Å². The van der Waals surface area contributed by atoms with E-state index in [1.165, 1.54) is 38.9 Å². The largest absolute Gasteiger partial charge is 0.214 e. The summed E-state index contributed by atoms with van der Waals surface area (Å²) in [6, 6.07) is 30.5. The smallest absolute Gasteiger partial charge is 0.187 e. The molecular formula is C22H16N+. The SMILES string of the molecule is c1ccc(-c2cc3[n+](c4ccccc24)Cc2ccccc2-3)cc1. The van der Waals surface area contributed by atoms with Crippen LogP contribution in [0.2, 0.25) is 0 Å². The van der Waals surface area contributed by atoms with Crippen molar-refractivity contribution in [2.75, 3.05) is 0 Å². The number of nitrogens with zero attached hydrogens (tertiary/aromatic N) is 1. The molecule has 1 aromatic heterocycles. The molecule has 4 aromatic rings. The predicted molar refractivity (Wildman–Crippen MR) is 94.1 cm³/mol. The minimum atomic E-state index is 0.959. The molecule has 1 aliphatic heterocycles. The van der Waals surface area contributed by atoms with Gasteiger partial charge in [0, 0.05) is 23.3 Å². The lowest BCUT2D eigenvalue weighted by molar-refractivity contribution is -0.645. The number of hydrogen-bond donors (Lipinski definition) is 0. The van der Waals surface area contributed by atoms with E-state index in [-0.39, 0.29) is 0 Å². The van der Waals surface area contributed by atoms with Gasteiger partial charge in [0.2, 0.25) is 11.2 Å². The quantitative estimate of drug-likeness (QED) is 0.390. The van der Waals surface area contributed by atoms with Gasteiger partial charge in [0.1, 0.15) is 0 Å². The lowest BCUT2D eigenvalue weighted by Crippen LogP contribution is -2.33. The molecule has 1 nitrogen and oxygen atoms in total. The molecule has 0 saturated carbocycles. The normalized spacial score (nSPS) is 12.2. The standard InChI is InChI=1S/C22H16N/c1-2-8-16(9-3-1)20-14-22-18-11-5-4-10-17(18)15-23(22)21-13-7-6-12-19(20)21/h1-14H,15H2/q+1. The fourth-order valence-corrected chi connectivity index (χ4v) is 3.69. The maximum atomic E-state index is 2.44. The van der Waals surface area contributed by atoms with Crippen LogP contribution in [0.1, 0.15) is 5.56 Å². The Morgan fingerprint density at radius 3 is 2.30 bits per heavy atom. The van der Waals surface area contributed by atoms with Crippen molar-refractivity contribution in [3.63, 3.8) is 0 Å². The van der Waals surface area contributed by atoms with Crippen molar-refractivity contribution in [1.82, 2.24) is 0 Å². The van der Waals surface area contributed by atoms with Crippen LogP contribution < -0.4 is 4.57 Å². The summed E-state index contributed by atoms with van der Waals surface area (Å²) < 4.78 is 2.44. The maximum absolute atomic E-state index is 2.44. The Kier molecular flexibility index (Phi) is 2.62. The van der Waals surface area contributed by atoms with E-state index in [0.717, 1.165) is 6.54 Å². The molecule has 0 amide bonds. The first-order valence-corrected chi connectivity index (χ1v) is 8.01. The predicted octanol–water partition coefficient (Wildman–Crippen LogP) is 4.82. The number of fused-ring (bicyclic) bond motifs is 5. The van der Waals surface area contributed by atoms with Crippen molar-refractivity contribution < 1.29 is 4.57 Å². The number of hydrogen-bond acceptors (Lipinski definition) is 0. The first-order chi connectivity index (χ1) is 11.4. The van der Waals surface area contributed by atoms with Gasteiger partial charge >= 0.3 is 0 Å². The van der Waals surface area contributed by atoms with Crippen molar-refractivity contribution >= 4 is 10.9 Å². The molecule has 108 valence electrons. The molecule has 0 spiro atoms. The number of para-hydroxylation sites is 1. The van der Waals surface area contributed by atoms with Gasteiger partial charge in [-0.05, 0) is 17.7 Å². The molecule has 0 unspecified atom stereocenters. The van der Waals surface area contributed by atoms with Crippen molar-refractivity contribution in [2.24, 2.45) is 0 Å². The van der Waals surface area contributed by atoms with Gasteiger partial charge in [0.25, 0.3) is 0 Å². The van der Waals surface area contributed by atoms with E-state index < -0.39 is 0 Å². The molecule has 0 N–H and O–H groups in total. The van der Waals surface area contributed by atoms with Gasteiger partial charge in [-0.25, -0.2) is 0 Å². The van der Waals surface area contributed by atoms with Gasteiger partial charge in [-0.2, -0.15) is 4.57 Å². The number of rotatable bonds is 1. The highest BCUT2D eigenvalue weighted by atomic mass is 15.0. The molecule has 2 heterocycles. The van der Waals surface area contributed by atoms with Crippen LogP contribution in [0, 0.1) is 0 Å². The van der Waals surface area contributed by atoms with Gasteiger partial charge in [-0.3, -0.25) is 0 Å². The van der Waals surface area contributed by atoms with Gasteiger partial charge in [-0.1, -0.05) is 60.7 Å². The molecular weight excluding hydrogens is 278 g/mol. The Bertz CT molecular complexity index is 1030. The Hall–Kier alpha value is -2.93. The summed E-state index contributed by atoms with van der Waals surface area (Å²) in [6.45, 7) is 0.959. The van der Waals surface area contributed by atoms with E-state index in [0.29, 0.717) is 0 Å². The van der Waals surface area contributed by atoms with Crippen molar-refractivity contribution in [2.45, 2.75) is 6.54 Å². The van der Waals surface area contributed by atoms with Gasteiger partial charge in [0.05, 0.1) is 10.9 Å².